The van der Waals surface area contributed by atoms with Crippen molar-refractivity contribution in [3.63, 3.8) is 0 Å². The number of hydrogen-bond donors (Lipinski definition) is 3. The fraction of sp³-hybridized carbons (Fsp3) is 0.500. The molecule has 3 atom stereocenters. The van der Waals surface area contributed by atoms with Crippen LogP contribution in [0.3, 0.4) is 0 Å². The number of H-pyrrole nitrogens is 1. The molecular weight excluding hydrogens is 234 g/mol. The van der Waals surface area contributed by atoms with Gasteiger partial charge in [-0.1, -0.05) is 0 Å². The number of carbonyl (C=O) groups excluding carboxylic acids is 1. The van der Waals surface area contributed by atoms with Gasteiger partial charge in [0.2, 0.25) is 5.56 Å². The highest BCUT2D eigenvalue weighted by molar-refractivity contribution is 5.94. The molecule has 0 aromatic carbocycles. The summed E-state index contributed by atoms with van der Waals surface area (Å²) in [5.74, 6) is -0.254. The first-order valence-corrected chi connectivity index (χ1v) is 5.98. The van der Waals surface area contributed by atoms with E-state index in [1.165, 1.54) is 18.3 Å². The fourth-order valence-electron chi connectivity index (χ4n) is 2.01. The summed E-state index contributed by atoms with van der Waals surface area (Å²) in [5, 5.41) is 2.83. The average molecular weight is 251 g/mol. The summed E-state index contributed by atoms with van der Waals surface area (Å²) in [6.07, 6.45) is 2.12. The van der Waals surface area contributed by atoms with Crippen molar-refractivity contribution >= 4 is 5.91 Å². The number of aromatic nitrogens is 1. The number of rotatable bonds is 4. The first-order valence-electron chi connectivity index (χ1n) is 5.98. The molecule has 1 heterocycles. The van der Waals surface area contributed by atoms with E-state index in [4.69, 9.17) is 10.5 Å². The molecule has 3 unspecified atom stereocenters. The largest absolute Gasteiger partial charge is 0.376 e. The van der Waals surface area contributed by atoms with Gasteiger partial charge in [0.1, 0.15) is 0 Å². The predicted molar refractivity (Wildman–Crippen MR) is 66.3 cm³/mol. The topological polar surface area (TPSA) is 97.2 Å². The lowest BCUT2D eigenvalue weighted by Gasteiger charge is -2.42. The van der Waals surface area contributed by atoms with Gasteiger partial charge in [0.15, 0.2) is 0 Å². The van der Waals surface area contributed by atoms with Gasteiger partial charge < -0.3 is 20.8 Å². The SMILES string of the molecule is CCOC1CC(N)C1NC(=O)c1ccc(=O)[nH]c1. The average Bonchev–Trinajstić information content (AvgIpc) is 2.36. The van der Waals surface area contributed by atoms with Crippen LogP contribution in [0.5, 0.6) is 0 Å². The molecule has 0 aliphatic heterocycles. The second kappa shape index (κ2) is 5.32. The monoisotopic (exact) mass is 251 g/mol. The predicted octanol–water partition coefficient (Wildman–Crippen LogP) is -0.391. The lowest BCUT2D eigenvalue weighted by molar-refractivity contribution is -0.0300. The number of nitrogens with one attached hydrogen (secondary N) is 2. The molecule has 6 heteroatoms. The molecule has 0 spiro atoms. The van der Waals surface area contributed by atoms with Gasteiger partial charge >= 0.3 is 0 Å². The minimum atomic E-state index is -0.254. The van der Waals surface area contributed by atoms with Gasteiger partial charge in [0, 0.05) is 24.9 Å². The Morgan fingerprint density at radius 3 is 2.94 bits per heavy atom. The molecule has 1 aliphatic carbocycles. The van der Waals surface area contributed by atoms with E-state index >= 15 is 0 Å². The normalized spacial score (nSPS) is 26.4. The molecule has 18 heavy (non-hydrogen) atoms. The zero-order valence-corrected chi connectivity index (χ0v) is 10.2. The number of hydrogen-bond acceptors (Lipinski definition) is 4. The van der Waals surface area contributed by atoms with Crippen molar-refractivity contribution in [1.82, 2.24) is 10.3 Å². The summed E-state index contributed by atoms with van der Waals surface area (Å²) in [6, 6.07) is 2.56. The molecule has 1 amide bonds. The third-order valence-corrected chi connectivity index (χ3v) is 3.09. The minimum absolute atomic E-state index is 0.0169. The van der Waals surface area contributed by atoms with Gasteiger partial charge in [-0.15, -0.1) is 0 Å². The van der Waals surface area contributed by atoms with Crippen molar-refractivity contribution in [1.29, 1.82) is 0 Å². The van der Waals surface area contributed by atoms with Crippen LogP contribution in [0.4, 0.5) is 0 Å². The Morgan fingerprint density at radius 1 is 1.61 bits per heavy atom. The van der Waals surface area contributed by atoms with Crippen molar-refractivity contribution in [2.45, 2.75) is 31.5 Å². The summed E-state index contributed by atoms with van der Waals surface area (Å²) in [6.45, 7) is 2.51. The third-order valence-electron chi connectivity index (χ3n) is 3.09. The first-order chi connectivity index (χ1) is 8.61. The molecular formula is C12H17N3O3. The maximum Gasteiger partial charge on any atom is 0.253 e. The van der Waals surface area contributed by atoms with Crippen molar-refractivity contribution in [3.8, 4) is 0 Å². The zero-order valence-electron chi connectivity index (χ0n) is 10.2. The number of nitrogens with two attached hydrogens (primary N) is 1. The van der Waals surface area contributed by atoms with E-state index < -0.39 is 0 Å². The smallest absolute Gasteiger partial charge is 0.253 e. The van der Waals surface area contributed by atoms with Crippen molar-refractivity contribution in [2.24, 2.45) is 5.73 Å². The quantitative estimate of drug-likeness (QED) is 0.679. The third kappa shape index (κ3) is 2.60. The number of carbonyl (C=O) groups is 1. The highest BCUT2D eigenvalue weighted by Gasteiger charge is 2.40. The summed E-state index contributed by atoms with van der Waals surface area (Å²) in [4.78, 5) is 25.3. The van der Waals surface area contributed by atoms with E-state index in [9.17, 15) is 9.59 Å². The number of ether oxygens (including phenoxy) is 1. The van der Waals surface area contributed by atoms with Gasteiger partial charge in [0.05, 0.1) is 17.7 Å². The Morgan fingerprint density at radius 2 is 2.39 bits per heavy atom. The Hall–Kier alpha value is -1.66. The number of pyridine rings is 1. The fourth-order valence-corrected chi connectivity index (χ4v) is 2.01. The van der Waals surface area contributed by atoms with Crippen LogP contribution in [0.25, 0.3) is 0 Å². The molecule has 2 rings (SSSR count). The number of aromatic amines is 1. The maximum absolute atomic E-state index is 11.9. The lowest BCUT2D eigenvalue weighted by Crippen LogP contribution is -2.64. The summed E-state index contributed by atoms with van der Waals surface area (Å²) >= 11 is 0. The van der Waals surface area contributed by atoms with Crippen LogP contribution in [-0.4, -0.2) is 35.7 Å². The summed E-state index contributed by atoms with van der Waals surface area (Å²) in [7, 11) is 0. The highest BCUT2D eigenvalue weighted by Crippen LogP contribution is 2.22. The molecule has 1 saturated carbocycles. The minimum Gasteiger partial charge on any atom is -0.376 e. The van der Waals surface area contributed by atoms with Crippen molar-refractivity contribution in [3.05, 3.63) is 34.2 Å². The molecule has 0 radical (unpaired) electrons. The second-order valence-corrected chi connectivity index (χ2v) is 4.33. The van der Waals surface area contributed by atoms with Gasteiger partial charge in [-0.25, -0.2) is 0 Å². The van der Waals surface area contributed by atoms with Gasteiger partial charge in [0.25, 0.3) is 5.91 Å². The van der Waals surface area contributed by atoms with Crippen LogP contribution in [0.1, 0.15) is 23.7 Å². The molecule has 0 saturated heterocycles. The Kier molecular flexibility index (Phi) is 3.78. The Labute approximate surface area is 105 Å². The molecule has 0 bridgehead atoms. The van der Waals surface area contributed by atoms with Crippen LogP contribution in [0.2, 0.25) is 0 Å². The maximum atomic E-state index is 11.9. The van der Waals surface area contributed by atoms with Crippen LogP contribution in [0.15, 0.2) is 23.1 Å². The van der Waals surface area contributed by atoms with Crippen LogP contribution in [-0.2, 0) is 4.74 Å². The standard InChI is InChI=1S/C12H17N3O3/c1-2-18-9-5-8(13)11(9)15-12(17)7-3-4-10(16)14-6-7/h3-4,6,8-9,11H,2,5,13H2,1H3,(H,14,16)(H,15,17). The summed E-state index contributed by atoms with van der Waals surface area (Å²) in [5.41, 5.74) is 6.01. The van der Waals surface area contributed by atoms with Crippen molar-refractivity contribution < 1.29 is 9.53 Å². The molecule has 4 N–H and O–H groups in total. The van der Waals surface area contributed by atoms with Crippen LogP contribution < -0.4 is 16.6 Å². The Bertz CT molecular complexity index is 463. The molecule has 98 valence electrons. The van der Waals surface area contributed by atoms with Gasteiger partial charge in [-0.2, -0.15) is 0 Å². The van der Waals surface area contributed by atoms with E-state index in [1.807, 2.05) is 6.92 Å². The lowest BCUT2D eigenvalue weighted by atomic mass is 9.83. The van der Waals surface area contributed by atoms with E-state index in [1.54, 1.807) is 0 Å². The molecule has 1 aromatic heterocycles. The Balaban J connectivity index is 1.98. The second-order valence-electron chi connectivity index (χ2n) is 4.33. The van der Waals surface area contributed by atoms with Crippen LogP contribution in [0, 0.1) is 0 Å². The van der Waals surface area contributed by atoms with E-state index in [0.29, 0.717) is 12.2 Å². The molecule has 6 nitrogen and oxygen atoms in total. The first kappa shape index (κ1) is 12.8. The number of amides is 1. The molecule has 1 aromatic rings. The van der Waals surface area contributed by atoms with Crippen molar-refractivity contribution in [2.75, 3.05) is 6.61 Å². The summed E-state index contributed by atoms with van der Waals surface area (Å²) < 4.78 is 5.46. The van der Waals surface area contributed by atoms with E-state index in [2.05, 4.69) is 10.3 Å². The highest BCUT2D eigenvalue weighted by atomic mass is 16.5. The zero-order chi connectivity index (χ0) is 13.1. The molecule has 1 fully saturated rings. The van der Waals surface area contributed by atoms with Gasteiger partial charge in [-0.3, -0.25) is 9.59 Å². The van der Waals surface area contributed by atoms with Crippen LogP contribution >= 0.6 is 0 Å². The van der Waals surface area contributed by atoms with Gasteiger partial charge in [-0.05, 0) is 19.4 Å². The van der Waals surface area contributed by atoms with E-state index in [-0.39, 0.29) is 29.7 Å². The van der Waals surface area contributed by atoms with E-state index in [0.717, 1.165) is 6.42 Å². The molecule has 1 aliphatic rings.